The van der Waals surface area contributed by atoms with Crippen molar-refractivity contribution < 1.29 is 13.9 Å². The van der Waals surface area contributed by atoms with Crippen molar-refractivity contribution in [3.63, 3.8) is 0 Å². The fourth-order valence-electron chi connectivity index (χ4n) is 2.79. The molecule has 0 aromatic carbocycles. The Morgan fingerprint density at radius 1 is 1.06 bits per heavy atom. The van der Waals surface area contributed by atoms with Gasteiger partial charge in [0.1, 0.15) is 0 Å². The molecule has 3 atom stereocenters. The van der Waals surface area contributed by atoms with Crippen LogP contribution in [0.25, 0.3) is 0 Å². The van der Waals surface area contributed by atoms with E-state index >= 15 is 0 Å². The molecule has 0 saturated carbocycles. The van der Waals surface area contributed by atoms with Crippen molar-refractivity contribution in [3.8, 4) is 0 Å². The van der Waals surface area contributed by atoms with Crippen molar-refractivity contribution in [3.05, 3.63) is 0 Å². The van der Waals surface area contributed by atoms with Gasteiger partial charge in [-0.25, -0.2) is 0 Å². The second-order valence-electron chi connectivity index (χ2n) is 5.29. The molecule has 0 radical (unpaired) electrons. The van der Waals surface area contributed by atoms with Crippen LogP contribution in [0.15, 0.2) is 0 Å². The maximum atomic E-state index is 6.55. The summed E-state index contributed by atoms with van der Waals surface area (Å²) in [6, 6.07) is 3.64. The lowest BCUT2D eigenvalue weighted by Gasteiger charge is -2.39. The molecule has 3 nitrogen and oxygen atoms in total. The van der Waals surface area contributed by atoms with Crippen LogP contribution in [-0.2, 0) is 13.9 Å². The minimum absolute atomic E-state index is 0.0685. The standard InChI is InChI=1S/C14H30O3Si/c1-6-15-14-11-13(10-12(5)16-14)17-18(7-2,8-3)9-4/h12-14H,6-11H2,1-5H3/t12-,13+,14-/m0/s1. The fourth-order valence-corrected chi connectivity index (χ4v) is 5.69. The molecule has 0 bridgehead atoms. The first-order valence-corrected chi connectivity index (χ1v) is 10.1. The van der Waals surface area contributed by atoms with Gasteiger partial charge in [-0.2, -0.15) is 0 Å². The Kier molecular flexibility index (Phi) is 6.85. The van der Waals surface area contributed by atoms with Gasteiger partial charge < -0.3 is 13.9 Å². The van der Waals surface area contributed by atoms with Gasteiger partial charge in [0, 0.05) is 13.0 Å². The lowest BCUT2D eigenvalue weighted by Crippen LogP contribution is -2.45. The first-order chi connectivity index (χ1) is 8.59. The van der Waals surface area contributed by atoms with E-state index in [0.29, 0.717) is 12.7 Å². The molecule has 1 heterocycles. The lowest BCUT2D eigenvalue weighted by atomic mass is 10.1. The van der Waals surface area contributed by atoms with Crippen LogP contribution in [0.2, 0.25) is 18.1 Å². The molecule has 0 amide bonds. The van der Waals surface area contributed by atoms with Crippen molar-refractivity contribution in [2.75, 3.05) is 6.61 Å². The molecule has 1 fully saturated rings. The third-order valence-corrected chi connectivity index (χ3v) is 8.84. The Morgan fingerprint density at radius 3 is 2.17 bits per heavy atom. The molecule has 18 heavy (non-hydrogen) atoms. The SMILES string of the molecule is CCO[C@@H]1C[C@H](O[Si](CC)(CC)CC)C[C@H](C)O1. The minimum atomic E-state index is -1.50. The molecular formula is C14H30O3Si. The largest absolute Gasteiger partial charge is 0.414 e. The van der Waals surface area contributed by atoms with Crippen LogP contribution in [0.5, 0.6) is 0 Å². The van der Waals surface area contributed by atoms with E-state index in [1.807, 2.05) is 6.92 Å². The second kappa shape index (κ2) is 7.63. The Hall–Kier alpha value is 0.0969. The molecule has 0 N–H and O–H groups in total. The smallest absolute Gasteiger partial charge is 0.192 e. The molecule has 4 heteroatoms. The zero-order valence-electron chi connectivity index (χ0n) is 12.7. The van der Waals surface area contributed by atoms with Crippen LogP contribution in [0.4, 0.5) is 0 Å². The fraction of sp³-hybridized carbons (Fsp3) is 1.00. The van der Waals surface area contributed by atoms with Crippen LogP contribution in [0.1, 0.15) is 47.5 Å². The molecular weight excluding hydrogens is 244 g/mol. The maximum Gasteiger partial charge on any atom is 0.192 e. The highest BCUT2D eigenvalue weighted by Crippen LogP contribution is 2.30. The van der Waals surface area contributed by atoms with Crippen LogP contribution in [0.3, 0.4) is 0 Å². The quantitative estimate of drug-likeness (QED) is 0.658. The first kappa shape index (κ1) is 16.2. The summed E-state index contributed by atoms with van der Waals surface area (Å²) in [5, 5.41) is 0. The molecule has 0 unspecified atom stereocenters. The summed E-state index contributed by atoms with van der Waals surface area (Å²) in [5.41, 5.74) is 0. The Labute approximate surface area is 113 Å². The van der Waals surface area contributed by atoms with Gasteiger partial charge in [-0.15, -0.1) is 0 Å². The highest BCUT2D eigenvalue weighted by molar-refractivity contribution is 6.73. The zero-order valence-corrected chi connectivity index (χ0v) is 13.7. The van der Waals surface area contributed by atoms with Gasteiger partial charge in [0.15, 0.2) is 14.6 Å². The van der Waals surface area contributed by atoms with Gasteiger partial charge in [-0.05, 0) is 38.4 Å². The van der Waals surface area contributed by atoms with E-state index in [1.54, 1.807) is 0 Å². The summed E-state index contributed by atoms with van der Waals surface area (Å²) in [7, 11) is -1.50. The van der Waals surface area contributed by atoms with E-state index in [9.17, 15) is 0 Å². The van der Waals surface area contributed by atoms with E-state index in [1.165, 1.54) is 18.1 Å². The van der Waals surface area contributed by atoms with E-state index in [4.69, 9.17) is 13.9 Å². The first-order valence-electron chi connectivity index (χ1n) is 7.54. The normalized spacial score (nSPS) is 29.5. The highest BCUT2D eigenvalue weighted by atomic mass is 28.4. The predicted molar refractivity (Wildman–Crippen MR) is 77.3 cm³/mol. The summed E-state index contributed by atoms with van der Waals surface area (Å²) in [4.78, 5) is 0. The molecule has 1 rings (SSSR count). The monoisotopic (exact) mass is 274 g/mol. The predicted octanol–water partition coefficient (Wildman–Crippen LogP) is 3.94. The average Bonchev–Trinajstić information content (AvgIpc) is 2.36. The van der Waals surface area contributed by atoms with Gasteiger partial charge >= 0.3 is 0 Å². The zero-order chi connectivity index (χ0) is 13.6. The van der Waals surface area contributed by atoms with Crippen molar-refractivity contribution >= 4 is 8.32 Å². The van der Waals surface area contributed by atoms with Crippen LogP contribution in [0, 0.1) is 0 Å². The van der Waals surface area contributed by atoms with Gasteiger partial charge in [-0.3, -0.25) is 0 Å². The summed E-state index contributed by atoms with van der Waals surface area (Å²) < 4.78 is 18.0. The van der Waals surface area contributed by atoms with Crippen LogP contribution >= 0.6 is 0 Å². The van der Waals surface area contributed by atoms with E-state index < -0.39 is 8.32 Å². The second-order valence-corrected chi connectivity index (χ2v) is 10.0. The van der Waals surface area contributed by atoms with E-state index in [-0.39, 0.29) is 12.4 Å². The number of ether oxygens (including phenoxy) is 2. The summed E-state index contributed by atoms with van der Waals surface area (Å²) in [6.07, 6.45) is 2.42. The Morgan fingerprint density at radius 2 is 1.67 bits per heavy atom. The van der Waals surface area contributed by atoms with Crippen LogP contribution in [-0.4, -0.2) is 33.4 Å². The van der Waals surface area contributed by atoms with Gasteiger partial charge in [0.05, 0.1) is 12.2 Å². The third kappa shape index (κ3) is 4.33. The van der Waals surface area contributed by atoms with Crippen molar-refractivity contribution in [1.29, 1.82) is 0 Å². The molecule has 0 aromatic heterocycles. The van der Waals surface area contributed by atoms with Gasteiger partial charge in [-0.1, -0.05) is 20.8 Å². The molecule has 1 aliphatic rings. The molecule has 1 aliphatic heterocycles. The third-order valence-electron chi connectivity index (χ3n) is 4.14. The summed E-state index contributed by atoms with van der Waals surface area (Å²) in [5.74, 6) is 0. The van der Waals surface area contributed by atoms with E-state index in [2.05, 4.69) is 27.7 Å². The minimum Gasteiger partial charge on any atom is -0.414 e. The number of rotatable bonds is 7. The summed E-state index contributed by atoms with van der Waals surface area (Å²) in [6.45, 7) is 11.7. The van der Waals surface area contributed by atoms with Crippen molar-refractivity contribution in [2.24, 2.45) is 0 Å². The number of hydrogen-bond donors (Lipinski definition) is 0. The highest BCUT2D eigenvalue weighted by Gasteiger charge is 2.36. The topological polar surface area (TPSA) is 27.7 Å². The molecule has 0 spiro atoms. The van der Waals surface area contributed by atoms with Crippen molar-refractivity contribution in [1.82, 2.24) is 0 Å². The van der Waals surface area contributed by atoms with Crippen LogP contribution < -0.4 is 0 Å². The van der Waals surface area contributed by atoms with Gasteiger partial charge in [0.25, 0.3) is 0 Å². The van der Waals surface area contributed by atoms with Gasteiger partial charge in [0.2, 0.25) is 0 Å². The average molecular weight is 274 g/mol. The maximum absolute atomic E-state index is 6.55. The molecule has 108 valence electrons. The Bertz CT molecular complexity index is 223. The molecule has 0 aromatic rings. The molecule has 1 saturated heterocycles. The van der Waals surface area contributed by atoms with E-state index in [0.717, 1.165) is 12.8 Å². The Balaban J connectivity index is 2.59. The lowest BCUT2D eigenvalue weighted by molar-refractivity contribution is -0.206. The summed E-state index contributed by atoms with van der Waals surface area (Å²) >= 11 is 0. The number of hydrogen-bond acceptors (Lipinski definition) is 3. The molecule has 0 aliphatic carbocycles. The van der Waals surface area contributed by atoms with Crippen molar-refractivity contribution in [2.45, 2.75) is 84.1 Å².